The van der Waals surface area contributed by atoms with Gasteiger partial charge in [-0.25, -0.2) is 9.78 Å². The lowest BCUT2D eigenvalue weighted by atomic mass is 10.1. The number of aromatic nitrogens is 3. The van der Waals surface area contributed by atoms with Crippen LogP contribution in [0.4, 0.5) is 21.9 Å². The smallest absolute Gasteiger partial charge is 0.325 e. The molecule has 0 fully saturated rings. The summed E-state index contributed by atoms with van der Waals surface area (Å²) in [5.74, 6) is -0.699. The molecule has 1 aliphatic carbocycles. The molecule has 0 unspecified atom stereocenters. The number of anilines is 3. The Morgan fingerprint density at radius 2 is 1.89 bits per heavy atom. The van der Waals surface area contributed by atoms with E-state index in [0.717, 1.165) is 12.0 Å². The summed E-state index contributed by atoms with van der Waals surface area (Å²) in [5, 5.41) is 17.6. The molecule has 4 aromatic rings. The van der Waals surface area contributed by atoms with Crippen LogP contribution in [-0.4, -0.2) is 33.0 Å². The number of carbonyl (C=O) groups excluding carboxylic acids is 3. The van der Waals surface area contributed by atoms with E-state index in [2.05, 4.69) is 37.7 Å². The molecule has 3 aromatic heterocycles. The lowest BCUT2D eigenvalue weighted by Crippen LogP contribution is -2.35. The standard InChI is InChI=1S/C27H21N7O3S/c1-2-21(35)30-17-9-6-10-18(17)31-25(36)24-23-22-20(11-12-28-26(22)38-24)34(27(37)32-23)16-13-19(33-29-14-16)15-7-4-3-5-8-15/h2-5,7-8,11-14H,1,6,9-10H2,(H,30,35)(H,31,36)(H,32,37). The van der Waals surface area contributed by atoms with Gasteiger partial charge in [0.15, 0.2) is 0 Å². The van der Waals surface area contributed by atoms with Gasteiger partial charge in [0, 0.05) is 23.2 Å². The van der Waals surface area contributed by atoms with E-state index >= 15 is 0 Å². The molecule has 0 bridgehead atoms. The highest BCUT2D eigenvalue weighted by Gasteiger charge is 2.33. The quantitative estimate of drug-likeness (QED) is 0.310. The van der Waals surface area contributed by atoms with Gasteiger partial charge in [-0.15, -0.1) is 11.3 Å². The zero-order chi connectivity index (χ0) is 26.2. The minimum Gasteiger partial charge on any atom is -0.325 e. The van der Waals surface area contributed by atoms with Crippen molar-refractivity contribution in [3.05, 3.63) is 83.8 Å². The number of rotatable bonds is 6. The molecule has 11 heteroatoms. The van der Waals surface area contributed by atoms with E-state index in [0.29, 0.717) is 62.1 Å². The normalized spacial score (nSPS) is 14.4. The Morgan fingerprint density at radius 3 is 2.68 bits per heavy atom. The SMILES string of the molecule is C=CC(=O)NC1=C(NC(=O)c2sc3nccc4c3c2NC(=O)N4c2cnnc(-c3ccccc3)c2)CCC1. The highest BCUT2D eigenvalue weighted by Crippen LogP contribution is 2.46. The number of thiophene rings is 1. The predicted octanol–water partition coefficient (Wildman–Crippen LogP) is 4.86. The fourth-order valence-corrected chi connectivity index (χ4v) is 5.66. The van der Waals surface area contributed by atoms with Crippen LogP contribution < -0.4 is 20.9 Å². The van der Waals surface area contributed by atoms with Gasteiger partial charge >= 0.3 is 6.03 Å². The Kier molecular flexibility index (Phi) is 5.89. The third-order valence-corrected chi connectivity index (χ3v) is 7.46. The molecular formula is C27H21N7O3S. The molecule has 0 saturated carbocycles. The fourth-order valence-electron chi connectivity index (χ4n) is 4.64. The van der Waals surface area contributed by atoms with E-state index in [1.807, 2.05) is 30.3 Å². The monoisotopic (exact) mass is 523 g/mol. The second-order valence-corrected chi connectivity index (χ2v) is 9.70. The maximum Gasteiger partial charge on any atom is 0.331 e. The van der Waals surface area contributed by atoms with Crippen LogP contribution >= 0.6 is 11.3 Å². The second kappa shape index (κ2) is 9.52. The lowest BCUT2D eigenvalue weighted by Gasteiger charge is -2.28. The zero-order valence-electron chi connectivity index (χ0n) is 20.0. The van der Waals surface area contributed by atoms with Crippen molar-refractivity contribution in [1.29, 1.82) is 0 Å². The van der Waals surface area contributed by atoms with Crippen LogP contribution in [0.5, 0.6) is 0 Å². The molecule has 0 atom stereocenters. The van der Waals surface area contributed by atoms with E-state index in [1.54, 1.807) is 18.3 Å². The Labute approximate surface area is 221 Å². The first-order valence-electron chi connectivity index (χ1n) is 11.9. The molecule has 0 spiro atoms. The van der Waals surface area contributed by atoms with Crippen LogP contribution in [0, 0.1) is 0 Å². The second-order valence-electron chi connectivity index (χ2n) is 8.71. The number of carbonyl (C=O) groups is 3. The highest BCUT2D eigenvalue weighted by atomic mass is 32.1. The van der Waals surface area contributed by atoms with Crippen molar-refractivity contribution in [2.45, 2.75) is 19.3 Å². The minimum absolute atomic E-state index is 0.326. The maximum absolute atomic E-state index is 13.4. The Bertz CT molecular complexity index is 1660. The molecule has 4 heterocycles. The number of hydrogen-bond acceptors (Lipinski definition) is 7. The third kappa shape index (κ3) is 4.08. The Morgan fingerprint density at radius 1 is 1.11 bits per heavy atom. The first-order valence-corrected chi connectivity index (χ1v) is 12.7. The van der Waals surface area contributed by atoms with Crippen LogP contribution in [0.15, 0.2) is 78.9 Å². The molecular weight excluding hydrogens is 502 g/mol. The van der Waals surface area contributed by atoms with E-state index in [9.17, 15) is 14.4 Å². The number of hydrogen-bond donors (Lipinski definition) is 3. The molecule has 3 N–H and O–H groups in total. The first-order chi connectivity index (χ1) is 18.5. The van der Waals surface area contributed by atoms with Crippen LogP contribution in [0.25, 0.3) is 21.5 Å². The largest absolute Gasteiger partial charge is 0.331 e. The van der Waals surface area contributed by atoms with E-state index in [-0.39, 0.29) is 11.8 Å². The first kappa shape index (κ1) is 23.5. The number of amides is 4. The van der Waals surface area contributed by atoms with E-state index in [1.165, 1.54) is 28.5 Å². The van der Waals surface area contributed by atoms with Crippen LogP contribution in [0.3, 0.4) is 0 Å². The molecule has 4 amide bonds. The molecule has 1 aliphatic heterocycles. The number of pyridine rings is 1. The van der Waals surface area contributed by atoms with Gasteiger partial charge in [0.05, 0.1) is 34.3 Å². The number of benzene rings is 1. The third-order valence-electron chi connectivity index (χ3n) is 6.36. The van der Waals surface area contributed by atoms with Crippen molar-refractivity contribution in [2.24, 2.45) is 0 Å². The topological polar surface area (TPSA) is 129 Å². The predicted molar refractivity (Wildman–Crippen MR) is 145 cm³/mol. The van der Waals surface area contributed by atoms with Gasteiger partial charge in [-0.1, -0.05) is 36.9 Å². The summed E-state index contributed by atoms with van der Waals surface area (Å²) in [5.41, 5.74) is 4.36. The van der Waals surface area contributed by atoms with E-state index in [4.69, 9.17) is 0 Å². The van der Waals surface area contributed by atoms with Crippen LogP contribution in [0.1, 0.15) is 28.9 Å². The molecule has 2 aliphatic rings. The molecule has 38 heavy (non-hydrogen) atoms. The summed E-state index contributed by atoms with van der Waals surface area (Å²) in [6.45, 7) is 3.47. The van der Waals surface area contributed by atoms with Gasteiger partial charge in [-0.3, -0.25) is 14.5 Å². The molecule has 0 saturated heterocycles. The summed E-state index contributed by atoms with van der Waals surface area (Å²) >= 11 is 1.19. The van der Waals surface area contributed by atoms with Gasteiger partial charge in [-0.2, -0.15) is 10.2 Å². The summed E-state index contributed by atoms with van der Waals surface area (Å²) < 4.78 is 0. The minimum atomic E-state index is -0.427. The van der Waals surface area contributed by atoms with Crippen molar-refractivity contribution in [3.63, 3.8) is 0 Å². The molecule has 0 radical (unpaired) electrons. The van der Waals surface area contributed by atoms with Crippen molar-refractivity contribution >= 4 is 56.5 Å². The van der Waals surface area contributed by atoms with Gasteiger partial charge < -0.3 is 16.0 Å². The summed E-state index contributed by atoms with van der Waals surface area (Å²) in [7, 11) is 0. The molecule has 188 valence electrons. The van der Waals surface area contributed by atoms with Gasteiger partial charge in [0.1, 0.15) is 9.71 Å². The number of nitrogens with one attached hydrogen (secondary N) is 3. The zero-order valence-corrected chi connectivity index (χ0v) is 20.8. The Balaban J connectivity index is 1.37. The van der Waals surface area contributed by atoms with E-state index < -0.39 is 6.03 Å². The van der Waals surface area contributed by atoms with Crippen LogP contribution in [0.2, 0.25) is 0 Å². The Hall–Kier alpha value is -4.90. The molecule has 10 nitrogen and oxygen atoms in total. The van der Waals surface area contributed by atoms with Gasteiger partial charge in [0.2, 0.25) is 5.91 Å². The highest BCUT2D eigenvalue weighted by molar-refractivity contribution is 7.21. The van der Waals surface area contributed by atoms with Crippen molar-refractivity contribution in [1.82, 2.24) is 25.8 Å². The summed E-state index contributed by atoms with van der Waals surface area (Å²) in [6, 6.07) is 12.7. The van der Waals surface area contributed by atoms with Gasteiger partial charge in [0.25, 0.3) is 5.91 Å². The molecule has 6 rings (SSSR count). The average molecular weight is 524 g/mol. The number of nitrogens with zero attached hydrogens (tertiary/aromatic N) is 4. The van der Waals surface area contributed by atoms with Crippen LogP contribution in [-0.2, 0) is 4.79 Å². The number of urea groups is 1. The average Bonchev–Trinajstić information content (AvgIpc) is 3.54. The molecule has 1 aromatic carbocycles. The maximum atomic E-state index is 13.4. The summed E-state index contributed by atoms with van der Waals surface area (Å²) in [4.78, 5) is 45.5. The van der Waals surface area contributed by atoms with Gasteiger partial charge in [-0.05, 0) is 37.5 Å². The van der Waals surface area contributed by atoms with Crippen molar-refractivity contribution < 1.29 is 14.4 Å². The summed E-state index contributed by atoms with van der Waals surface area (Å²) in [6.07, 6.45) is 6.41. The number of allylic oxidation sites excluding steroid dienone is 2. The lowest BCUT2D eigenvalue weighted by molar-refractivity contribution is -0.115. The van der Waals surface area contributed by atoms with Crippen molar-refractivity contribution in [3.8, 4) is 11.3 Å². The van der Waals surface area contributed by atoms with Crippen molar-refractivity contribution in [2.75, 3.05) is 10.2 Å². The fraction of sp³-hybridized carbons (Fsp3) is 0.111.